The number of aryl methyl sites for hydroxylation is 1. The lowest BCUT2D eigenvalue weighted by Gasteiger charge is -2.35. The molecule has 0 aromatic heterocycles. The van der Waals surface area contributed by atoms with Gasteiger partial charge in [-0.3, -0.25) is 14.4 Å². The third-order valence-electron chi connectivity index (χ3n) is 6.74. The molecule has 7 atom stereocenters. The summed E-state index contributed by atoms with van der Waals surface area (Å²) in [4.78, 5) is 41.2. The number of nitrogens with zero attached hydrogens (tertiary/aromatic N) is 1. The third kappa shape index (κ3) is 3.36. The van der Waals surface area contributed by atoms with Crippen LogP contribution in [0.5, 0.6) is 0 Å². The first kappa shape index (κ1) is 23.5. The van der Waals surface area contributed by atoms with E-state index in [0.29, 0.717) is 17.1 Å². The van der Waals surface area contributed by atoms with Crippen molar-refractivity contribution < 1.29 is 29.0 Å². The molecule has 10 heteroatoms. The molecule has 3 unspecified atom stereocenters. The van der Waals surface area contributed by atoms with Crippen LogP contribution in [0.15, 0.2) is 18.2 Å². The molecule has 3 saturated heterocycles. The molecule has 1 aromatic rings. The van der Waals surface area contributed by atoms with Gasteiger partial charge in [0.1, 0.15) is 11.6 Å². The van der Waals surface area contributed by atoms with Gasteiger partial charge in [-0.05, 0) is 38.8 Å². The lowest BCUT2D eigenvalue weighted by molar-refractivity contribution is -0.155. The first-order chi connectivity index (χ1) is 15.2. The van der Waals surface area contributed by atoms with Gasteiger partial charge in [0.2, 0.25) is 11.8 Å². The number of halogens is 2. The number of hydrogen-bond acceptors (Lipinski definition) is 6. The van der Waals surface area contributed by atoms with E-state index in [1.54, 1.807) is 26.0 Å². The highest BCUT2D eigenvalue weighted by molar-refractivity contribution is 9.09. The van der Waals surface area contributed by atoms with Gasteiger partial charge < -0.3 is 24.8 Å². The fraction of sp³-hybridized carbons (Fsp3) is 0.591. The minimum absolute atomic E-state index is 0.176. The number of ether oxygens (including phenoxy) is 2. The Morgan fingerprint density at radius 1 is 1.47 bits per heavy atom. The van der Waals surface area contributed by atoms with Crippen molar-refractivity contribution in [3.05, 3.63) is 28.8 Å². The molecule has 32 heavy (non-hydrogen) atoms. The molecule has 0 saturated carbocycles. The number of carbonyl (C=O) groups excluding carboxylic acids is 3. The number of benzene rings is 1. The summed E-state index contributed by atoms with van der Waals surface area (Å²) in [5.41, 5.74) is 0.00840. The van der Waals surface area contributed by atoms with Crippen molar-refractivity contribution in [1.29, 1.82) is 0 Å². The second kappa shape index (κ2) is 8.59. The summed E-state index contributed by atoms with van der Waals surface area (Å²) in [6.45, 7) is 5.02. The van der Waals surface area contributed by atoms with E-state index in [2.05, 4.69) is 21.2 Å². The Kier molecular flexibility index (Phi) is 6.30. The van der Waals surface area contributed by atoms with Crippen LogP contribution in [0.2, 0.25) is 5.02 Å². The molecular formula is C22H26BrClN2O6. The number of para-hydroxylation sites is 1. The number of hydrogen-bond donors (Lipinski definition) is 2. The molecule has 174 valence electrons. The number of anilines is 1. The van der Waals surface area contributed by atoms with E-state index in [9.17, 15) is 19.5 Å². The largest absolute Gasteiger partial charge is 0.466 e. The summed E-state index contributed by atoms with van der Waals surface area (Å²) in [6, 6.07) is 3.58. The maximum absolute atomic E-state index is 13.7. The zero-order chi connectivity index (χ0) is 23.4. The first-order valence-electron chi connectivity index (χ1n) is 10.7. The first-order valence-corrected chi connectivity index (χ1v) is 11.9. The molecule has 3 heterocycles. The van der Waals surface area contributed by atoms with Gasteiger partial charge in [0.15, 0.2) is 0 Å². The van der Waals surface area contributed by atoms with Gasteiger partial charge in [-0.1, -0.05) is 39.7 Å². The average molecular weight is 530 g/mol. The molecule has 1 aromatic carbocycles. The SMILES string of the molecule is CCOC(=O)[C@H]1[C@H]2C(=O)N([C@H](C)CO)C(C(=O)Nc3c(C)cccc3Cl)C23CC(Br)[C@@H]1O3. The number of amides is 2. The number of alkyl halides is 1. The molecule has 4 rings (SSSR count). The molecule has 2 amide bonds. The summed E-state index contributed by atoms with van der Waals surface area (Å²) in [5, 5.41) is 13.1. The maximum Gasteiger partial charge on any atom is 0.312 e. The number of nitrogens with one attached hydrogen (secondary N) is 1. The van der Waals surface area contributed by atoms with Gasteiger partial charge in [0, 0.05) is 4.83 Å². The van der Waals surface area contributed by atoms with Crippen molar-refractivity contribution in [2.75, 3.05) is 18.5 Å². The van der Waals surface area contributed by atoms with Crippen molar-refractivity contribution in [1.82, 2.24) is 4.90 Å². The zero-order valence-corrected chi connectivity index (χ0v) is 20.4. The van der Waals surface area contributed by atoms with E-state index >= 15 is 0 Å². The Morgan fingerprint density at radius 3 is 2.81 bits per heavy atom. The van der Waals surface area contributed by atoms with E-state index < -0.39 is 47.5 Å². The van der Waals surface area contributed by atoms with Gasteiger partial charge >= 0.3 is 5.97 Å². The number of carbonyl (C=O) groups is 3. The van der Waals surface area contributed by atoms with Crippen LogP contribution in [0.3, 0.4) is 0 Å². The normalized spacial score (nSPS) is 33.9. The Hall–Kier alpha value is -1.68. The van der Waals surface area contributed by atoms with Crippen molar-refractivity contribution >= 4 is 51.0 Å². The highest BCUT2D eigenvalue weighted by atomic mass is 79.9. The second-order valence-corrected chi connectivity index (χ2v) is 10.2. The van der Waals surface area contributed by atoms with Gasteiger partial charge in [-0.2, -0.15) is 0 Å². The second-order valence-electron chi connectivity index (χ2n) is 8.61. The molecule has 2 bridgehead atoms. The zero-order valence-electron chi connectivity index (χ0n) is 18.0. The number of esters is 1. The summed E-state index contributed by atoms with van der Waals surface area (Å²) >= 11 is 9.89. The molecule has 8 nitrogen and oxygen atoms in total. The molecule has 0 radical (unpaired) electrons. The average Bonchev–Trinajstić information content (AvgIpc) is 3.33. The summed E-state index contributed by atoms with van der Waals surface area (Å²) < 4.78 is 11.6. The fourth-order valence-electron chi connectivity index (χ4n) is 5.42. The van der Waals surface area contributed by atoms with Gasteiger partial charge in [0.05, 0.1) is 47.9 Å². The van der Waals surface area contributed by atoms with E-state index in [1.807, 2.05) is 13.0 Å². The van der Waals surface area contributed by atoms with Crippen LogP contribution >= 0.6 is 27.5 Å². The molecular weight excluding hydrogens is 504 g/mol. The quantitative estimate of drug-likeness (QED) is 0.433. The predicted molar refractivity (Wildman–Crippen MR) is 121 cm³/mol. The summed E-state index contributed by atoms with van der Waals surface area (Å²) in [7, 11) is 0. The van der Waals surface area contributed by atoms with Crippen LogP contribution in [-0.4, -0.2) is 69.6 Å². The Bertz CT molecular complexity index is 940. The van der Waals surface area contributed by atoms with Crippen LogP contribution < -0.4 is 5.32 Å². The molecule has 3 fully saturated rings. The number of aliphatic hydroxyl groups excluding tert-OH is 1. The smallest absolute Gasteiger partial charge is 0.312 e. The van der Waals surface area contributed by atoms with E-state index in [1.165, 1.54) is 4.90 Å². The minimum Gasteiger partial charge on any atom is -0.466 e. The van der Waals surface area contributed by atoms with E-state index in [-0.39, 0.29) is 23.9 Å². The molecule has 3 aliphatic heterocycles. The van der Waals surface area contributed by atoms with E-state index in [0.717, 1.165) is 5.56 Å². The van der Waals surface area contributed by atoms with Gasteiger partial charge in [-0.25, -0.2) is 0 Å². The lowest BCUT2D eigenvalue weighted by atomic mass is 9.70. The number of aliphatic hydroxyl groups is 1. The highest BCUT2D eigenvalue weighted by Crippen LogP contribution is 2.60. The Labute approximate surface area is 199 Å². The molecule has 3 aliphatic rings. The van der Waals surface area contributed by atoms with Gasteiger partial charge in [0.25, 0.3) is 0 Å². The van der Waals surface area contributed by atoms with Crippen LogP contribution in [0.1, 0.15) is 25.8 Å². The minimum atomic E-state index is -1.21. The van der Waals surface area contributed by atoms with Crippen molar-refractivity contribution in [2.45, 2.75) is 55.8 Å². The standard InChI is InChI=1S/C22H26BrClN2O6/c1-4-31-21(30)14-15-20(29)26(11(3)9-27)18(22(15)8-12(23)17(14)32-22)19(28)25-16-10(2)6-5-7-13(16)24/h5-7,11-12,14-15,17-18,27H,4,8-9H2,1-3H3,(H,25,28)/t11-,12?,14+,15+,17+,18?,22?/m1/s1. The van der Waals surface area contributed by atoms with Crippen molar-refractivity contribution in [2.24, 2.45) is 11.8 Å². The van der Waals surface area contributed by atoms with Crippen LogP contribution in [-0.2, 0) is 23.9 Å². The topological polar surface area (TPSA) is 105 Å². The fourth-order valence-corrected chi connectivity index (χ4v) is 6.63. The van der Waals surface area contributed by atoms with Crippen molar-refractivity contribution in [3.63, 3.8) is 0 Å². The van der Waals surface area contributed by atoms with Crippen LogP contribution in [0.4, 0.5) is 5.69 Å². The Balaban J connectivity index is 1.77. The molecule has 1 spiro atoms. The summed E-state index contributed by atoms with van der Waals surface area (Å²) in [5.74, 6) is -3.06. The van der Waals surface area contributed by atoms with Crippen LogP contribution in [0.25, 0.3) is 0 Å². The van der Waals surface area contributed by atoms with Crippen LogP contribution in [0, 0.1) is 18.8 Å². The van der Waals surface area contributed by atoms with E-state index in [4.69, 9.17) is 21.1 Å². The third-order valence-corrected chi connectivity index (χ3v) is 7.90. The maximum atomic E-state index is 13.7. The highest BCUT2D eigenvalue weighted by Gasteiger charge is 2.77. The molecule has 2 N–H and O–H groups in total. The number of rotatable bonds is 6. The predicted octanol–water partition coefficient (Wildman–Crippen LogP) is 2.28. The lowest BCUT2D eigenvalue weighted by Crippen LogP contribution is -2.56. The monoisotopic (exact) mass is 528 g/mol. The van der Waals surface area contributed by atoms with Gasteiger partial charge in [-0.15, -0.1) is 0 Å². The number of likely N-dealkylation sites (tertiary alicyclic amines) is 1. The summed E-state index contributed by atoms with van der Waals surface area (Å²) in [6.07, 6.45) is -0.204. The number of fused-ring (bicyclic) bond motifs is 1. The van der Waals surface area contributed by atoms with Crippen molar-refractivity contribution in [3.8, 4) is 0 Å². The Morgan fingerprint density at radius 2 is 2.19 bits per heavy atom. The molecule has 0 aliphatic carbocycles.